The van der Waals surface area contributed by atoms with E-state index < -0.39 is 5.82 Å². The molecule has 6 nitrogen and oxygen atoms in total. The first-order valence-corrected chi connectivity index (χ1v) is 8.84. The normalized spacial score (nSPS) is 17.6. The molecule has 1 aliphatic heterocycles. The summed E-state index contributed by atoms with van der Waals surface area (Å²) in [5.74, 6) is -0.533. The van der Waals surface area contributed by atoms with E-state index in [1.54, 1.807) is 16.5 Å². The molecule has 25 heavy (non-hydrogen) atoms. The minimum absolute atomic E-state index is 0.0244. The van der Waals surface area contributed by atoms with Crippen molar-refractivity contribution in [1.82, 2.24) is 19.9 Å². The zero-order valence-corrected chi connectivity index (χ0v) is 14.1. The van der Waals surface area contributed by atoms with Gasteiger partial charge in [0.15, 0.2) is 5.82 Å². The van der Waals surface area contributed by atoms with Gasteiger partial charge in [-0.2, -0.15) is 0 Å². The predicted octanol–water partition coefficient (Wildman–Crippen LogP) is 2.91. The molecule has 1 amide bonds. The first-order chi connectivity index (χ1) is 12.2. The molecular weight excluding hydrogens is 343 g/mol. The van der Waals surface area contributed by atoms with Crippen molar-refractivity contribution in [2.24, 2.45) is 0 Å². The van der Waals surface area contributed by atoms with Gasteiger partial charge < -0.3 is 9.64 Å². The van der Waals surface area contributed by atoms with Crippen LogP contribution < -0.4 is 4.74 Å². The number of aromatic nitrogens is 3. The number of benzene rings is 1. The van der Waals surface area contributed by atoms with Gasteiger partial charge in [0.2, 0.25) is 0 Å². The van der Waals surface area contributed by atoms with Crippen LogP contribution in [0.25, 0.3) is 10.2 Å². The second-order valence-electron chi connectivity index (χ2n) is 5.85. The molecule has 1 fully saturated rings. The number of ether oxygens (including phenoxy) is 1. The highest BCUT2D eigenvalue weighted by Crippen LogP contribution is 2.22. The number of hydrogen-bond acceptors (Lipinski definition) is 6. The third kappa shape index (κ3) is 3.43. The molecule has 1 atom stereocenters. The van der Waals surface area contributed by atoms with Crippen molar-refractivity contribution >= 4 is 27.5 Å². The van der Waals surface area contributed by atoms with E-state index in [0.717, 1.165) is 35.5 Å². The molecule has 0 spiro atoms. The van der Waals surface area contributed by atoms with Crippen LogP contribution in [0.5, 0.6) is 6.01 Å². The molecule has 0 saturated carbocycles. The summed E-state index contributed by atoms with van der Waals surface area (Å²) in [7, 11) is 0. The summed E-state index contributed by atoms with van der Waals surface area (Å²) in [5.41, 5.74) is 3.32. The van der Waals surface area contributed by atoms with Crippen molar-refractivity contribution in [3.8, 4) is 6.01 Å². The molecule has 8 heteroatoms. The van der Waals surface area contributed by atoms with Crippen LogP contribution in [0, 0.1) is 5.82 Å². The lowest BCUT2D eigenvalue weighted by atomic mass is 10.1. The lowest BCUT2D eigenvalue weighted by Crippen LogP contribution is -2.44. The molecule has 3 heterocycles. The van der Waals surface area contributed by atoms with Crippen LogP contribution >= 0.6 is 11.3 Å². The highest BCUT2D eigenvalue weighted by atomic mass is 32.1. The van der Waals surface area contributed by atoms with Gasteiger partial charge in [-0.3, -0.25) is 4.79 Å². The van der Waals surface area contributed by atoms with E-state index in [-0.39, 0.29) is 18.0 Å². The third-order valence-corrected chi connectivity index (χ3v) is 4.90. The number of halogens is 1. The summed E-state index contributed by atoms with van der Waals surface area (Å²) in [6.07, 6.45) is 3.57. The molecular formula is C17H15FN4O2S. The Morgan fingerprint density at radius 1 is 1.28 bits per heavy atom. The number of piperidine rings is 1. The summed E-state index contributed by atoms with van der Waals surface area (Å²) in [4.78, 5) is 26.4. The first kappa shape index (κ1) is 15.9. The molecule has 1 unspecified atom stereocenters. The van der Waals surface area contributed by atoms with E-state index in [2.05, 4.69) is 15.0 Å². The Morgan fingerprint density at radius 2 is 2.12 bits per heavy atom. The standard InChI is InChI=1S/C17H15FN4O2S/c18-12-7-19-17(20-8-12)24-13-2-1-5-22(9-13)16(23)11-3-4-14-15(6-11)25-10-21-14/h3-4,6-8,10,13H,1-2,5,9H2. The van der Waals surface area contributed by atoms with Gasteiger partial charge in [0.05, 0.1) is 34.7 Å². The topological polar surface area (TPSA) is 68.2 Å². The molecule has 128 valence electrons. The Labute approximate surface area is 147 Å². The smallest absolute Gasteiger partial charge is 0.316 e. The lowest BCUT2D eigenvalue weighted by Gasteiger charge is -2.32. The van der Waals surface area contributed by atoms with Crippen LogP contribution in [-0.4, -0.2) is 45.0 Å². The van der Waals surface area contributed by atoms with E-state index in [1.807, 2.05) is 12.1 Å². The molecule has 1 aromatic carbocycles. The van der Waals surface area contributed by atoms with Gasteiger partial charge in [0, 0.05) is 12.1 Å². The first-order valence-electron chi connectivity index (χ1n) is 7.96. The quantitative estimate of drug-likeness (QED) is 0.720. The molecule has 4 rings (SSSR count). The molecule has 0 N–H and O–H groups in total. The fourth-order valence-electron chi connectivity index (χ4n) is 2.90. The van der Waals surface area contributed by atoms with Gasteiger partial charge in [-0.05, 0) is 31.0 Å². The minimum Gasteiger partial charge on any atom is -0.458 e. The number of fused-ring (bicyclic) bond motifs is 1. The Hall–Kier alpha value is -2.61. The fourth-order valence-corrected chi connectivity index (χ4v) is 3.62. The van der Waals surface area contributed by atoms with E-state index in [9.17, 15) is 9.18 Å². The Balaban J connectivity index is 1.46. The average Bonchev–Trinajstić information content (AvgIpc) is 3.11. The van der Waals surface area contributed by atoms with Gasteiger partial charge in [0.25, 0.3) is 5.91 Å². The number of carbonyl (C=O) groups is 1. The second-order valence-corrected chi connectivity index (χ2v) is 6.74. The lowest BCUT2D eigenvalue weighted by molar-refractivity contribution is 0.0515. The van der Waals surface area contributed by atoms with Crippen LogP contribution in [0.1, 0.15) is 23.2 Å². The van der Waals surface area contributed by atoms with E-state index in [1.165, 1.54) is 11.3 Å². The summed E-state index contributed by atoms with van der Waals surface area (Å²) < 4.78 is 19.6. The average molecular weight is 358 g/mol. The molecule has 3 aromatic rings. The van der Waals surface area contributed by atoms with Crippen molar-refractivity contribution in [2.45, 2.75) is 18.9 Å². The fraction of sp³-hybridized carbons (Fsp3) is 0.294. The molecule has 0 aliphatic carbocycles. The molecule has 0 bridgehead atoms. The number of amides is 1. The SMILES string of the molecule is O=C(c1ccc2ncsc2c1)N1CCCC(Oc2ncc(F)cn2)C1. The van der Waals surface area contributed by atoms with Crippen molar-refractivity contribution in [1.29, 1.82) is 0 Å². The zero-order chi connectivity index (χ0) is 17.2. The summed E-state index contributed by atoms with van der Waals surface area (Å²) in [6, 6.07) is 5.68. The van der Waals surface area contributed by atoms with E-state index >= 15 is 0 Å². The number of carbonyl (C=O) groups excluding carboxylic acids is 1. The molecule has 1 saturated heterocycles. The van der Waals surface area contributed by atoms with Crippen molar-refractivity contribution in [3.63, 3.8) is 0 Å². The maximum absolute atomic E-state index is 12.9. The van der Waals surface area contributed by atoms with Gasteiger partial charge in [-0.25, -0.2) is 19.3 Å². The number of thiazole rings is 1. The summed E-state index contributed by atoms with van der Waals surface area (Å²) in [5, 5.41) is 0. The minimum atomic E-state index is -0.508. The summed E-state index contributed by atoms with van der Waals surface area (Å²) in [6.45, 7) is 1.14. The molecule has 2 aromatic heterocycles. The number of nitrogens with zero attached hydrogens (tertiary/aromatic N) is 4. The zero-order valence-electron chi connectivity index (χ0n) is 13.3. The van der Waals surface area contributed by atoms with Gasteiger partial charge in [0.1, 0.15) is 6.10 Å². The van der Waals surface area contributed by atoms with Gasteiger partial charge in [-0.1, -0.05) is 0 Å². The monoisotopic (exact) mass is 358 g/mol. The van der Waals surface area contributed by atoms with Crippen LogP contribution in [0.4, 0.5) is 4.39 Å². The van der Waals surface area contributed by atoms with Gasteiger partial charge >= 0.3 is 6.01 Å². The highest BCUT2D eigenvalue weighted by molar-refractivity contribution is 7.16. The van der Waals surface area contributed by atoms with Crippen LogP contribution in [0.15, 0.2) is 36.1 Å². The van der Waals surface area contributed by atoms with E-state index in [0.29, 0.717) is 18.7 Å². The highest BCUT2D eigenvalue weighted by Gasteiger charge is 2.26. The number of likely N-dealkylation sites (tertiary alicyclic amines) is 1. The number of rotatable bonds is 3. The Morgan fingerprint density at radius 3 is 2.96 bits per heavy atom. The number of hydrogen-bond donors (Lipinski definition) is 0. The Bertz CT molecular complexity index is 899. The summed E-state index contributed by atoms with van der Waals surface area (Å²) >= 11 is 1.52. The maximum Gasteiger partial charge on any atom is 0.316 e. The molecule has 1 aliphatic rings. The molecule has 0 radical (unpaired) electrons. The Kier molecular flexibility index (Phi) is 4.27. The van der Waals surface area contributed by atoms with Crippen LogP contribution in [0.3, 0.4) is 0 Å². The van der Waals surface area contributed by atoms with E-state index in [4.69, 9.17) is 4.74 Å². The van der Waals surface area contributed by atoms with Crippen LogP contribution in [0.2, 0.25) is 0 Å². The van der Waals surface area contributed by atoms with Crippen LogP contribution in [-0.2, 0) is 0 Å². The second kappa shape index (κ2) is 6.72. The van der Waals surface area contributed by atoms with Gasteiger partial charge in [-0.15, -0.1) is 11.3 Å². The van der Waals surface area contributed by atoms with Crippen molar-refractivity contribution < 1.29 is 13.9 Å². The maximum atomic E-state index is 12.9. The largest absolute Gasteiger partial charge is 0.458 e. The predicted molar refractivity (Wildman–Crippen MR) is 91.2 cm³/mol. The third-order valence-electron chi connectivity index (χ3n) is 4.11. The van der Waals surface area contributed by atoms with Crippen molar-refractivity contribution in [2.75, 3.05) is 13.1 Å². The van der Waals surface area contributed by atoms with Crippen molar-refractivity contribution in [3.05, 3.63) is 47.5 Å².